The summed E-state index contributed by atoms with van der Waals surface area (Å²) < 4.78 is 8.33. The van der Waals surface area contributed by atoms with Gasteiger partial charge in [0.05, 0.1) is 6.61 Å². The van der Waals surface area contributed by atoms with Gasteiger partial charge in [0.25, 0.3) is 5.91 Å². The van der Waals surface area contributed by atoms with Crippen LogP contribution in [0.3, 0.4) is 0 Å². The SMILES string of the molecule is CCOCCN(C)C(=O)c1cc(Br)cn1C1CC1. The summed E-state index contributed by atoms with van der Waals surface area (Å²) in [5.41, 5.74) is 0.767. The van der Waals surface area contributed by atoms with E-state index in [1.165, 1.54) is 12.8 Å². The van der Waals surface area contributed by atoms with Gasteiger partial charge < -0.3 is 14.2 Å². The van der Waals surface area contributed by atoms with Gasteiger partial charge in [-0.05, 0) is 41.8 Å². The van der Waals surface area contributed by atoms with Crippen LogP contribution in [0.15, 0.2) is 16.7 Å². The van der Waals surface area contributed by atoms with E-state index in [-0.39, 0.29) is 5.91 Å². The number of hydrogen-bond donors (Lipinski definition) is 0. The van der Waals surface area contributed by atoms with E-state index in [0.29, 0.717) is 25.8 Å². The van der Waals surface area contributed by atoms with Crippen molar-refractivity contribution in [2.24, 2.45) is 0 Å². The molecule has 1 aliphatic rings. The smallest absolute Gasteiger partial charge is 0.270 e. The first-order chi connectivity index (χ1) is 8.63. The Hall–Kier alpha value is -0.810. The molecule has 0 unspecified atom stereocenters. The second kappa shape index (κ2) is 5.89. The van der Waals surface area contributed by atoms with Gasteiger partial charge in [0, 0.05) is 36.9 Å². The fourth-order valence-electron chi connectivity index (χ4n) is 1.91. The lowest BCUT2D eigenvalue weighted by atomic mass is 10.3. The molecule has 1 heterocycles. The molecule has 4 nitrogen and oxygen atoms in total. The number of ether oxygens (including phenoxy) is 1. The van der Waals surface area contributed by atoms with Gasteiger partial charge in [0.1, 0.15) is 5.69 Å². The molecule has 0 saturated heterocycles. The number of halogens is 1. The lowest BCUT2D eigenvalue weighted by Crippen LogP contribution is -2.31. The average Bonchev–Trinajstić information content (AvgIpc) is 3.12. The molecule has 1 fully saturated rings. The molecule has 2 rings (SSSR count). The summed E-state index contributed by atoms with van der Waals surface area (Å²) in [6, 6.07) is 2.41. The third-order valence-corrected chi connectivity index (χ3v) is 3.53. The summed E-state index contributed by atoms with van der Waals surface area (Å²) in [6.45, 7) is 3.85. The minimum absolute atomic E-state index is 0.0623. The summed E-state index contributed by atoms with van der Waals surface area (Å²) >= 11 is 3.44. The van der Waals surface area contributed by atoms with Gasteiger partial charge in [-0.1, -0.05) is 0 Å². The number of carbonyl (C=O) groups is 1. The first-order valence-corrected chi connectivity index (χ1v) is 7.13. The molecule has 100 valence electrons. The molecule has 18 heavy (non-hydrogen) atoms. The largest absolute Gasteiger partial charge is 0.380 e. The quantitative estimate of drug-likeness (QED) is 0.757. The van der Waals surface area contributed by atoms with Crippen LogP contribution in [-0.4, -0.2) is 42.2 Å². The lowest BCUT2D eigenvalue weighted by Gasteiger charge is -2.18. The van der Waals surface area contributed by atoms with E-state index in [2.05, 4.69) is 20.5 Å². The molecule has 5 heteroatoms. The first-order valence-electron chi connectivity index (χ1n) is 6.34. The molecule has 1 saturated carbocycles. The maximum Gasteiger partial charge on any atom is 0.270 e. The molecule has 0 spiro atoms. The van der Waals surface area contributed by atoms with Crippen molar-refractivity contribution in [3.05, 3.63) is 22.4 Å². The molecule has 1 aliphatic carbocycles. The topological polar surface area (TPSA) is 34.5 Å². The zero-order valence-corrected chi connectivity index (χ0v) is 12.4. The highest BCUT2D eigenvalue weighted by molar-refractivity contribution is 9.10. The third kappa shape index (κ3) is 3.14. The molecule has 0 aliphatic heterocycles. The molecular weight excluding hydrogens is 296 g/mol. The Bertz CT molecular complexity index is 427. The van der Waals surface area contributed by atoms with Gasteiger partial charge in [-0.25, -0.2) is 0 Å². The predicted octanol–water partition coefficient (Wildman–Crippen LogP) is 2.69. The number of rotatable bonds is 6. The second-order valence-electron chi connectivity index (χ2n) is 4.61. The Balaban J connectivity index is 2.03. The van der Waals surface area contributed by atoms with E-state index in [1.807, 2.05) is 26.2 Å². The Labute approximate surface area is 116 Å². The Kier molecular flexibility index (Phi) is 4.45. The minimum Gasteiger partial charge on any atom is -0.380 e. The van der Waals surface area contributed by atoms with E-state index in [4.69, 9.17) is 4.74 Å². The summed E-state index contributed by atoms with van der Waals surface area (Å²) in [6.07, 6.45) is 4.34. The van der Waals surface area contributed by atoms with Gasteiger partial charge in [-0.2, -0.15) is 0 Å². The zero-order chi connectivity index (χ0) is 13.1. The summed E-state index contributed by atoms with van der Waals surface area (Å²) in [7, 11) is 1.82. The van der Waals surface area contributed by atoms with Crippen molar-refractivity contribution >= 4 is 21.8 Å². The van der Waals surface area contributed by atoms with E-state index in [9.17, 15) is 4.79 Å². The monoisotopic (exact) mass is 314 g/mol. The first kappa shape index (κ1) is 13.6. The van der Waals surface area contributed by atoms with Gasteiger partial charge in [0.15, 0.2) is 0 Å². The van der Waals surface area contributed by atoms with Gasteiger partial charge in [-0.15, -0.1) is 0 Å². The van der Waals surface area contributed by atoms with E-state index >= 15 is 0 Å². The summed E-state index contributed by atoms with van der Waals surface area (Å²) in [5, 5.41) is 0. The third-order valence-electron chi connectivity index (χ3n) is 3.10. The maximum atomic E-state index is 12.3. The maximum absolute atomic E-state index is 12.3. The summed E-state index contributed by atoms with van der Waals surface area (Å²) in [4.78, 5) is 14.1. The minimum atomic E-state index is 0.0623. The van der Waals surface area contributed by atoms with Crippen LogP contribution in [0.25, 0.3) is 0 Å². The molecule has 0 N–H and O–H groups in total. The normalized spacial score (nSPS) is 14.8. The van der Waals surface area contributed by atoms with Crippen molar-refractivity contribution in [2.75, 3.05) is 26.8 Å². The predicted molar refractivity (Wildman–Crippen MR) is 73.9 cm³/mol. The fourth-order valence-corrected chi connectivity index (χ4v) is 2.35. The van der Waals surface area contributed by atoms with Gasteiger partial charge in [-0.3, -0.25) is 4.79 Å². The number of aromatic nitrogens is 1. The highest BCUT2D eigenvalue weighted by Crippen LogP contribution is 2.37. The van der Waals surface area contributed by atoms with Crippen molar-refractivity contribution < 1.29 is 9.53 Å². The number of amides is 1. The van der Waals surface area contributed by atoms with Crippen LogP contribution in [0, 0.1) is 0 Å². The van der Waals surface area contributed by atoms with Crippen LogP contribution in [0.1, 0.15) is 36.3 Å². The fraction of sp³-hybridized carbons (Fsp3) is 0.615. The highest BCUT2D eigenvalue weighted by atomic mass is 79.9. The van der Waals surface area contributed by atoms with Crippen LogP contribution >= 0.6 is 15.9 Å². The number of nitrogens with zero attached hydrogens (tertiary/aromatic N) is 2. The van der Waals surface area contributed by atoms with Gasteiger partial charge in [0.2, 0.25) is 0 Å². The molecule has 0 bridgehead atoms. The van der Waals surface area contributed by atoms with Gasteiger partial charge >= 0.3 is 0 Å². The van der Waals surface area contributed by atoms with Crippen molar-refractivity contribution in [3.63, 3.8) is 0 Å². The number of likely N-dealkylation sites (N-methyl/N-ethyl adjacent to an activating group) is 1. The van der Waals surface area contributed by atoms with E-state index in [1.54, 1.807) is 4.90 Å². The van der Waals surface area contributed by atoms with Crippen LogP contribution in [-0.2, 0) is 4.74 Å². The molecule has 0 atom stereocenters. The Morgan fingerprint density at radius 2 is 2.33 bits per heavy atom. The average molecular weight is 315 g/mol. The van der Waals surface area contributed by atoms with Crippen molar-refractivity contribution in [3.8, 4) is 0 Å². The Morgan fingerprint density at radius 3 is 2.94 bits per heavy atom. The molecule has 1 aromatic rings. The molecule has 1 aromatic heterocycles. The number of carbonyl (C=O) groups excluding carboxylic acids is 1. The molecule has 0 aromatic carbocycles. The summed E-state index contributed by atoms with van der Waals surface area (Å²) in [5.74, 6) is 0.0623. The Morgan fingerprint density at radius 1 is 1.61 bits per heavy atom. The molecular formula is C13H19BrN2O2. The van der Waals surface area contributed by atoms with Crippen LogP contribution in [0.5, 0.6) is 0 Å². The van der Waals surface area contributed by atoms with Crippen LogP contribution < -0.4 is 0 Å². The standard InChI is InChI=1S/C13H19BrN2O2/c1-3-18-7-6-15(2)13(17)12-8-10(14)9-16(12)11-4-5-11/h8-9,11H,3-7H2,1-2H3. The van der Waals surface area contributed by atoms with Crippen LogP contribution in [0.4, 0.5) is 0 Å². The molecule has 1 amide bonds. The lowest BCUT2D eigenvalue weighted by molar-refractivity contribution is 0.0700. The van der Waals surface area contributed by atoms with E-state index in [0.717, 1.165) is 10.2 Å². The molecule has 0 radical (unpaired) electrons. The van der Waals surface area contributed by atoms with Crippen molar-refractivity contribution in [1.82, 2.24) is 9.47 Å². The highest BCUT2D eigenvalue weighted by Gasteiger charge is 2.28. The zero-order valence-electron chi connectivity index (χ0n) is 10.9. The second-order valence-corrected chi connectivity index (χ2v) is 5.52. The number of hydrogen-bond acceptors (Lipinski definition) is 2. The van der Waals surface area contributed by atoms with Crippen LogP contribution in [0.2, 0.25) is 0 Å². The van der Waals surface area contributed by atoms with Crippen molar-refractivity contribution in [1.29, 1.82) is 0 Å². The van der Waals surface area contributed by atoms with Crippen molar-refractivity contribution in [2.45, 2.75) is 25.8 Å². The van der Waals surface area contributed by atoms with E-state index < -0.39 is 0 Å².